The van der Waals surface area contributed by atoms with Crippen molar-refractivity contribution in [1.82, 2.24) is 4.98 Å². The lowest BCUT2D eigenvalue weighted by molar-refractivity contribution is 0.0933. The Morgan fingerprint density at radius 2 is 1.85 bits per heavy atom. The Labute approximate surface area is 157 Å². The van der Waals surface area contributed by atoms with E-state index in [0.29, 0.717) is 30.1 Å². The standard InChI is InChI=1S/C22H19NO4/c1-25-17-4-2-3-16(13-17)22(15-7-10-23-11-8-15)27-18-5-6-19-20(24)9-12-26-21(19)14-18/h2-8,10-11,13-14,22H,9,12H2,1H3. The fraction of sp³-hybridized carbons (Fsp3) is 0.182. The Morgan fingerprint density at radius 1 is 1.00 bits per heavy atom. The van der Waals surface area contributed by atoms with Gasteiger partial charge in [0.05, 0.1) is 19.3 Å². The molecule has 1 aliphatic heterocycles. The molecule has 1 unspecified atom stereocenters. The summed E-state index contributed by atoms with van der Waals surface area (Å²) in [4.78, 5) is 16.1. The summed E-state index contributed by atoms with van der Waals surface area (Å²) in [6, 6.07) is 17.0. The monoisotopic (exact) mass is 361 g/mol. The van der Waals surface area contributed by atoms with E-state index >= 15 is 0 Å². The van der Waals surface area contributed by atoms with E-state index in [1.807, 2.05) is 36.4 Å². The smallest absolute Gasteiger partial charge is 0.169 e. The van der Waals surface area contributed by atoms with Crippen molar-refractivity contribution < 1.29 is 19.0 Å². The molecule has 0 amide bonds. The highest BCUT2D eigenvalue weighted by Gasteiger charge is 2.21. The summed E-state index contributed by atoms with van der Waals surface area (Å²) in [5.41, 5.74) is 2.53. The number of fused-ring (bicyclic) bond motifs is 1. The minimum Gasteiger partial charge on any atom is -0.497 e. The Morgan fingerprint density at radius 3 is 2.67 bits per heavy atom. The molecular formula is C22H19NO4. The lowest BCUT2D eigenvalue weighted by atomic mass is 10.0. The van der Waals surface area contributed by atoms with Crippen molar-refractivity contribution in [2.24, 2.45) is 0 Å². The first-order valence-corrected chi connectivity index (χ1v) is 8.75. The van der Waals surface area contributed by atoms with Crippen molar-refractivity contribution in [3.8, 4) is 17.2 Å². The molecule has 3 aromatic rings. The van der Waals surface area contributed by atoms with Gasteiger partial charge >= 0.3 is 0 Å². The Bertz CT molecular complexity index is 956. The summed E-state index contributed by atoms with van der Waals surface area (Å²) < 4.78 is 17.3. The van der Waals surface area contributed by atoms with Gasteiger partial charge in [-0.2, -0.15) is 0 Å². The predicted octanol–water partition coefficient (Wildman–Crippen LogP) is 4.22. The maximum atomic E-state index is 12.0. The van der Waals surface area contributed by atoms with E-state index in [1.54, 1.807) is 37.7 Å². The number of ether oxygens (including phenoxy) is 3. The molecule has 4 rings (SSSR count). The van der Waals surface area contributed by atoms with E-state index in [-0.39, 0.29) is 11.9 Å². The molecule has 0 bridgehead atoms. The Hall–Kier alpha value is -3.34. The maximum absolute atomic E-state index is 12.0. The van der Waals surface area contributed by atoms with Gasteiger partial charge in [0, 0.05) is 30.4 Å². The van der Waals surface area contributed by atoms with Gasteiger partial charge in [-0.1, -0.05) is 12.1 Å². The van der Waals surface area contributed by atoms with Gasteiger partial charge in [0.25, 0.3) is 0 Å². The number of Topliss-reactive ketones (excluding diaryl/α,β-unsaturated/α-hetero) is 1. The first-order valence-electron chi connectivity index (χ1n) is 8.75. The van der Waals surface area contributed by atoms with E-state index < -0.39 is 0 Å². The molecule has 1 atom stereocenters. The zero-order valence-electron chi connectivity index (χ0n) is 14.9. The highest BCUT2D eigenvalue weighted by molar-refractivity contribution is 5.99. The minimum absolute atomic E-state index is 0.0984. The maximum Gasteiger partial charge on any atom is 0.169 e. The van der Waals surface area contributed by atoms with Crippen molar-refractivity contribution >= 4 is 5.78 Å². The average molecular weight is 361 g/mol. The second-order valence-corrected chi connectivity index (χ2v) is 6.23. The molecule has 0 fully saturated rings. The normalized spacial score (nSPS) is 14.0. The topological polar surface area (TPSA) is 57.7 Å². The lowest BCUT2D eigenvalue weighted by Crippen LogP contribution is -2.15. The summed E-state index contributed by atoms with van der Waals surface area (Å²) in [5.74, 6) is 2.06. The number of nitrogens with zero attached hydrogens (tertiary/aromatic N) is 1. The first-order chi connectivity index (χ1) is 13.2. The zero-order chi connectivity index (χ0) is 18.6. The quantitative estimate of drug-likeness (QED) is 0.681. The molecule has 0 saturated carbocycles. The van der Waals surface area contributed by atoms with E-state index in [9.17, 15) is 4.79 Å². The molecule has 0 saturated heterocycles. The number of hydrogen-bond acceptors (Lipinski definition) is 5. The van der Waals surface area contributed by atoms with Gasteiger partial charge in [-0.25, -0.2) is 0 Å². The largest absolute Gasteiger partial charge is 0.497 e. The van der Waals surface area contributed by atoms with Crippen LogP contribution in [0, 0.1) is 0 Å². The van der Waals surface area contributed by atoms with Gasteiger partial charge in [-0.15, -0.1) is 0 Å². The molecule has 0 radical (unpaired) electrons. The molecule has 27 heavy (non-hydrogen) atoms. The van der Waals surface area contributed by atoms with Gasteiger partial charge in [-0.3, -0.25) is 9.78 Å². The van der Waals surface area contributed by atoms with Crippen LogP contribution in [0.1, 0.15) is 34.0 Å². The summed E-state index contributed by atoms with van der Waals surface area (Å²) in [5, 5.41) is 0. The van der Waals surface area contributed by atoms with Crippen LogP contribution in [-0.4, -0.2) is 24.5 Å². The van der Waals surface area contributed by atoms with Crippen molar-refractivity contribution in [1.29, 1.82) is 0 Å². The molecule has 5 heteroatoms. The molecule has 2 aromatic carbocycles. The van der Waals surface area contributed by atoms with Crippen LogP contribution >= 0.6 is 0 Å². The van der Waals surface area contributed by atoms with Crippen LogP contribution in [0.3, 0.4) is 0 Å². The van der Waals surface area contributed by atoms with Crippen LogP contribution in [0.2, 0.25) is 0 Å². The fourth-order valence-electron chi connectivity index (χ4n) is 3.12. The van der Waals surface area contributed by atoms with Crippen molar-refractivity contribution in [2.45, 2.75) is 12.5 Å². The summed E-state index contributed by atoms with van der Waals surface area (Å²) in [6.07, 6.45) is 3.54. The van der Waals surface area contributed by atoms with Crippen molar-refractivity contribution in [3.63, 3.8) is 0 Å². The number of hydrogen-bond donors (Lipinski definition) is 0. The third-order valence-corrected chi connectivity index (χ3v) is 4.50. The number of aromatic nitrogens is 1. The zero-order valence-corrected chi connectivity index (χ0v) is 14.9. The number of carbonyl (C=O) groups excluding carboxylic acids is 1. The van der Waals surface area contributed by atoms with Crippen LogP contribution in [-0.2, 0) is 0 Å². The van der Waals surface area contributed by atoms with Crippen LogP contribution in [0.15, 0.2) is 67.0 Å². The fourth-order valence-corrected chi connectivity index (χ4v) is 3.12. The van der Waals surface area contributed by atoms with Gasteiger partial charge in [0.15, 0.2) is 5.78 Å². The van der Waals surface area contributed by atoms with E-state index in [0.717, 1.165) is 16.9 Å². The SMILES string of the molecule is COc1cccc(C(Oc2ccc3c(c2)OCCC3=O)c2ccncc2)c1. The van der Waals surface area contributed by atoms with Crippen LogP contribution < -0.4 is 14.2 Å². The number of methoxy groups -OCH3 is 1. The van der Waals surface area contributed by atoms with Crippen LogP contribution in [0.5, 0.6) is 17.2 Å². The highest BCUT2D eigenvalue weighted by atomic mass is 16.5. The lowest BCUT2D eigenvalue weighted by Gasteiger charge is -2.22. The summed E-state index contributed by atoms with van der Waals surface area (Å²) >= 11 is 0. The second-order valence-electron chi connectivity index (χ2n) is 6.23. The molecule has 0 N–H and O–H groups in total. The Balaban J connectivity index is 1.70. The third kappa shape index (κ3) is 3.62. The molecular weight excluding hydrogens is 342 g/mol. The van der Waals surface area contributed by atoms with E-state index in [2.05, 4.69) is 4.98 Å². The van der Waals surface area contributed by atoms with Gasteiger partial charge in [0.1, 0.15) is 23.4 Å². The summed E-state index contributed by atoms with van der Waals surface area (Å²) in [7, 11) is 1.64. The molecule has 0 aliphatic carbocycles. The highest BCUT2D eigenvalue weighted by Crippen LogP contribution is 2.34. The van der Waals surface area contributed by atoms with Crippen LogP contribution in [0.25, 0.3) is 0 Å². The van der Waals surface area contributed by atoms with E-state index in [4.69, 9.17) is 14.2 Å². The predicted molar refractivity (Wildman–Crippen MR) is 101 cm³/mol. The summed E-state index contributed by atoms with van der Waals surface area (Å²) in [6.45, 7) is 0.402. The molecule has 0 spiro atoms. The number of ketones is 1. The molecule has 1 aliphatic rings. The molecule has 2 heterocycles. The van der Waals surface area contributed by atoms with Gasteiger partial charge in [0.2, 0.25) is 0 Å². The average Bonchev–Trinajstić information content (AvgIpc) is 2.73. The number of pyridine rings is 1. The Kier molecular flexibility index (Phi) is 4.75. The van der Waals surface area contributed by atoms with Crippen molar-refractivity contribution in [3.05, 3.63) is 83.7 Å². The third-order valence-electron chi connectivity index (χ3n) is 4.50. The van der Waals surface area contributed by atoms with Gasteiger partial charge in [-0.05, 0) is 42.0 Å². The number of benzene rings is 2. The minimum atomic E-state index is -0.347. The molecule has 136 valence electrons. The first kappa shape index (κ1) is 17.1. The van der Waals surface area contributed by atoms with E-state index in [1.165, 1.54) is 0 Å². The molecule has 5 nitrogen and oxygen atoms in total. The van der Waals surface area contributed by atoms with Gasteiger partial charge < -0.3 is 14.2 Å². The number of rotatable bonds is 5. The number of carbonyl (C=O) groups is 1. The van der Waals surface area contributed by atoms with Crippen LogP contribution in [0.4, 0.5) is 0 Å². The second kappa shape index (κ2) is 7.50. The molecule has 1 aromatic heterocycles. The van der Waals surface area contributed by atoms with Crippen molar-refractivity contribution in [2.75, 3.05) is 13.7 Å².